The molecule has 148 valence electrons. The molecule has 7 heteroatoms. The monoisotopic (exact) mass is 383 g/mol. The third-order valence-corrected chi connectivity index (χ3v) is 4.87. The molecule has 2 aromatic carbocycles. The lowest BCUT2D eigenvalue weighted by Crippen LogP contribution is -2.45. The van der Waals surface area contributed by atoms with Crippen LogP contribution in [0.5, 0.6) is 11.5 Å². The summed E-state index contributed by atoms with van der Waals surface area (Å²) < 4.78 is 10.5. The first kappa shape index (κ1) is 19.5. The Kier molecular flexibility index (Phi) is 6.03. The van der Waals surface area contributed by atoms with Crippen LogP contribution >= 0.6 is 0 Å². The molecule has 1 atom stereocenters. The van der Waals surface area contributed by atoms with Crippen molar-refractivity contribution >= 4 is 23.3 Å². The molecule has 0 radical (unpaired) electrons. The fraction of sp³-hybridized carbons (Fsp3) is 0.333. The van der Waals surface area contributed by atoms with Gasteiger partial charge in [0.25, 0.3) is 0 Å². The molecule has 2 N–H and O–H groups in total. The number of aryl methyl sites for hydroxylation is 1. The van der Waals surface area contributed by atoms with E-state index in [0.29, 0.717) is 30.2 Å². The van der Waals surface area contributed by atoms with Gasteiger partial charge in [0.1, 0.15) is 17.5 Å². The SMILES string of the molecule is COc1ccc(NC(=O)C2CCCN2C(=O)Nc2ccccc2C)c(OC)c1. The minimum Gasteiger partial charge on any atom is -0.497 e. The van der Waals surface area contributed by atoms with Crippen molar-refractivity contribution in [1.29, 1.82) is 0 Å². The molecule has 2 aromatic rings. The number of hydrogen-bond donors (Lipinski definition) is 2. The highest BCUT2D eigenvalue weighted by molar-refractivity contribution is 6.00. The van der Waals surface area contributed by atoms with Gasteiger partial charge in [-0.2, -0.15) is 0 Å². The van der Waals surface area contributed by atoms with Gasteiger partial charge in [0.2, 0.25) is 5.91 Å². The smallest absolute Gasteiger partial charge is 0.322 e. The van der Waals surface area contributed by atoms with Crippen LogP contribution in [-0.4, -0.2) is 43.6 Å². The molecule has 0 saturated carbocycles. The third kappa shape index (κ3) is 4.19. The molecule has 3 rings (SSSR count). The van der Waals surface area contributed by atoms with Crippen molar-refractivity contribution in [2.45, 2.75) is 25.8 Å². The highest BCUT2D eigenvalue weighted by Crippen LogP contribution is 2.30. The van der Waals surface area contributed by atoms with Crippen LogP contribution in [0, 0.1) is 6.92 Å². The highest BCUT2D eigenvalue weighted by atomic mass is 16.5. The first-order chi connectivity index (χ1) is 13.5. The molecular weight excluding hydrogens is 358 g/mol. The fourth-order valence-electron chi connectivity index (χ4n) is 3.30. The zero-order chi connectivity index (χ0) is 20.1. The number of carbonyl (C=O) groups is 2. The average molecular weight is 383 g/mol. The van der Waals surface area contributed by atoms with E-state index >= 15 is 0 Å². The molecule has 28 heavy (non-hydrogen) atoms. The Balaban J connectivity index is 1.71. The lowest BCUT2D eigenvalue weighted by molar-refractivity contribution is -0.119. The lowest BCUT2D eigenvalue weighted by atomic mass is 10.2. The molecule has 1 fully saturated rings. The second kappa shape index (κ2) is 8.65. The summed E-state index contributed by atoms with van der Waals surface area (Å²) in [7, 11) is 3.10. The van der Waals surface area contributed by atoms with E-state index in [1.54, 1.807) is 30.2 Å². The Bertz CT molecular complexity index is 868. The number of rotatable bonds is 5. The molecule has 0 aromatic heterocycles. The summed E-state index contributed by atoms with van der Waals surface area (Å²) in [6, 6.07) is 11.9. The molecule has 1 heterocycles. The normalized spacial score (nSPS) is 15.8. The number of carbonyl (C=O) groups excluding carboxylic acids is 2. The van der Waals surface area contributed by atoms with E-state index in [9.17, 15) is 9.59 Å². The maximum absolute atomic E-state index is 12.9. The number of para-hydroxylation sites is 1. The van der Waals surface area contributed by atoms with Crippen LogP contribution in [0.3, 0.4) is 0 Å². The largest absolute Gasteiger partial charge is 0.497 e. The van der Waals surface area contributed by atoms with E-state index in [4.69, 9.17) is 9.47 Å². The predicted octanol–water partition coefficient (Wildman–Crippen LogP) is 3.65. The Morgan fingerprint density at radius 3 is 2.54 bits per heavy atom. The Morgan fingerprint density at radius 1 is 1.04 bits per heavy atom. The van der Waals surface area contributed by atoms with Gasteiger partial charge in [0, 0.05) is 18.3 Å². The van der Waals surface area contributed by atoms with Crippen molar-refractivity contribution in [2.24, 2.45) is 0 Å². The van der Waals surface area contributed by atoms with Crippen molar-refractivity contribution in [3.63, 3.8) is 0 Å². The molecule has 1 saturated heterocycles. The molecule has 1 aliphatic rings. The van der Waals surface area contributed by atoms with Crippen LogP contribution in [-0.2, 0) is 4.79 Å². The summed E-state index contributed by atoms with van der Waals surface area (Å²) in [4.78, 5) is 27.2. The predicted molar refractivity (Wildman–Crippen MR) is 108 cm³/mol. The maximum Gasteiger partial charge on any atom is 0.322 e. The van der Waals surface area contributed by atoms with Gasteiger partial charge in [-0.25, -0.2) is 4.79 Å². The number of anilines is 2. The first-order valence-corrected chi connectivity index (χ1v) is 9.19. The molecule has 3 amide bonds. The number of ether oxygens (including phenoxy) is 2. The number of hydrogen-bond acceptors (Lipinski definition) is 4. The van der Waals surface area contributed by atoms with E-state index in [0.717, 1.165) is 17.7 Å². The third-order valence-electron chi connectivity index (χ3n) is 4.87. The standard InChI is InChI=1S/C21H25N3O4/c1-14-7-4-5-8-16(14)23-21(26)24-12-6-9-18(24)20(25)22-17-11-10-15(27-2)13-19(17)28-3/h4-5,7-8,10-11,13,18H,6,9,12H2,1-3H3,(H,22,25)(H,23,26). The van der Waals surface area contributed by atoms with Crippen molar-refractivity contribution in [3.05, 3.63) is 48.0 Å². The van der Waals surface area contributed by atoms with Gasteiger partial charge in [-0.3, -0.25) is 4.79 Å². The van der Waals surface area contributed by atoms with Crippen LogP contribution in [0.25, 0.3) is 0 Å². The molecule has 0 bridgehead atoms. The number of methoxy groups -OCH3 is 2. The van der Waals surface area contributed by atoms with Crippen molar-refractivity contribution in [2.75, 3.05) is 31.4 Å². The highest BCUT2D eigenvalue weighted by Gasteiger charge is 2.34. The van der Waals surface area contributed by atoms with Crippen LogP contribution in [0.1, 0.15) is 18.4 Å². The first-order valence-electron chi connectivity index (χ1n) is 9.19. The van der Waals surface area contributed by atoms with E-state index < -0.39 is 6.04 Å². The molecule has 0 aliphatic carbocycles. The summed E-state index contributed by atoms with van der Waals surface area (Å²) in [5, 5.41) is 5.78. The number of nitrogens with zero attached hydrogens (tertiary/aromatic N) is 1. The van der Waals surface area contributed by atoms with E-state index in [2.05, 4.69) is 10.6 Å². The van der Waals surface area contributed by atoms with Crippen LogP contribution in [0.4, 0.5) is 16.2 Å². The number of likely N-dealkylation sites (tertiary alicyclic amines) is 1. The number of benzene rings is 2. The number of amides is 3. The minimum absolute atomic E-state index is 0.235. The molecule has 0 spiro atoms. The quantitative estimate of drug-likeness (QED) is 0.826. The van der Waals surface area contributed by atoms with Gasteiger partial charge >= 0.3 is 6.03 Å². The maximum atomic E-state index is 12.9. The Morgan fingerprint density at radius 2 is 1.82 bits per heavy atom. The average Bonchev–Trinajstić information content (AvgIpc) is 3.20. The summed E-state index contributed by atoms with van der Waals surface area (Å²) in [5.41, 5.74) is 2.26. The van der Waals surface area contributed by atoms with Crippen molar-refractivity contribution in [3.8, 4) is 11.5 Å². The second-order valence-electron chi connectivity index (χ2n) is 6.65. The van der Waals surface area contributed by atoms with Crippen molar-refractivity contribution in [1.82, 2.24) is 4.90 Å². The summed E-state index contributed by atoms with van der Waals surface area (Å²) >= 11 is 0. The lowest BCUT2D eigenvalue weighted by Gasteiger charge is -2.25. The van der Waals surface area contributed by atoms with Gasteiger partial charge in [0.15, 0.2) is 0 Å². The number of urea groups is 1. The van der Waals surface area contributed by atoms with Gasteiger partial charge < -0.3 is 25.0 Å². The van der Waals surface area contributed by atoms with Gasteiger partial charge in [-0.05, 0) is 43.5 Å². The van der Waals surface area contributed by atoms with Crippen molar-refractivity contribution < 1.29 is 19.1 Å². The van der Waals surface area contributed by atoms with Gasteiger partial charge in [0.05, 0.1) is 19.9 Å². The Labute approximate surface area is 164 Å². The summed E-state index contributed by atoms with van der Waals surface area (Å²) in [6.07, 6.45) is 1.39. The summed E-state index contributed by atoms with van der Waals surface area (Å²) in [6.45, 7) is 2.47. The van der Waals surface area contributed by atoms with Gasteiger partial charge in [-0.1, -0.05) is 18.2 Å². The van der Waals surface area contributed by atoms with Gasteiger partial charge in [-0.15, -0.1) is 0 Å². The van der Waals surface area contributed by atoms with E-state index in [1.165, 1.54) is 7.11 Å². The molecule has 1 unspecified atom stereocenters. The van der Waals surface area contributed by atoms with Crippen LogP contribution in [0.2, 0.25) is 0 Å². The zero-order valence-electron chi connectivity index (χ0n) is 16.3. The number of nitrogens with one attached hydrogen (secondary N) is 2. The molecular formula is C21H25N3O4. The second-order valence-corrected chi connectivity index (χ2v) is 6.65. The summed E-state index contributed by atoms with van der Waals surface area (Å²) in [5.74, 6) is 0.900. The zero-order valence-corrected chi connectivity index (χ0v) is 16.3. The minimum atomic E-state index is -0.532. The van der Waals surface area contributed by atoms with E-state index in [-0.39, 0.29) is 11.9 Å². The fourth-order valence-corrected chi connectivity index (χ4v) is 3.30. The van der Waals surface area contributed by atoms with E-state index in [1.807, 2.05) is 31.2 Å². The molecule has 1 aliphatic heterocycles. The topological polar surface area (TPSA) is 79.9 Å². The Hall–Kier alpha value is -3.22. The van der Waals surface area contributed by atoms with Crippen LogP contribution < -0.4 is 20.1 Å². The van der Waals surface area contributed by atoms with Crippen LogP contribution in [0.15, 0.2) is 42.5 Å². The molecule has 7 nitrogen and oxygen atoms in total.